The molecule has 4 nitrogen and oxygen atoms in total. The first kappa shape index (κ1) is 10.2. The number of carboxylic acids is 1. The topological polar surface area (TPSA) is 63.1 Å². The van der Waals surface area contributed by atoms with E-state index in [4.69, 9.17) is 5.11 Å². The van der Waals surface area contributed by atoms with Crippen LogP contribution in [0.4, 0.5) is 4.39 Å². The molecule has 2 aromatic rings. The first-order valence-corrected chi connectivity index (χ1v) is 4.47. The Hall–Kier alpha value is -2.30. The van der Waals surface area contributed by atoms with E-state index < -0.39 is 11.8 Å². The van der Waals surface area contributed by atoms with Gasteiger partial charge in [0.25, 0.3) is 0 Å². The van der Waals surface area contributed by atoms with Crippen molar-refractivity contribution in [3.63, 3.8) is 0 Å². The van der Waals surface area contributed by atoms with E-state index in [9.17, 15) is 9.18 Å². The van der Waals surface area contributed by atoms with Crippen LogP contribution in [-0.2, 0) is 0 Å². The van der Waals surface area contributed by atoms with Gasteiger partial charge in [-0.2, -0.15) is 0 Å². The average molecular weight is 218 g/mol. The monoisotopic (exact) mass is 218 g/mol. The van der Waals surface area contributed by atoms with Crippen molar-refractivity contribution in [2.24, 2.45) is 0 Å². The molecule has 0 atom stereocenters. The van der Waals surface area contributed by atoms with Crippen LogP contribution in [0.15, 0.2) is 36.9 Å². The molecule has 1 heterocycles. The fourth-order valence-corrected chi connectivity index (χ4v) is 1.36. The van der Waals surface area contributed by atoms with E-state index in [2.05, 4.69) is 9.97 Å². The minimum absolute atomic E-state index is 0.181. The third-order valence-electron chi connectivity index (χ3n) is 2.10. The summed E-state index contributed by atoms with van der Waals surface area (Å²) in [6.07, 6.45) is 4.18. The number of rotatable bonds is 2. The second-order valence-corrected chi connectivity index (χ2v) is 3.10. The van der Waals surface area contributed by atoms with Crippen LogP contribution >= 0.6 is 0 Å². The fourth-order valence-electron chi connectivity index (χ4n) is 1.36. The summed E-state index contributed by atoms with van der Waals surface area (Å²) < 4.78 is 13.8. The first-order valence-electron chi connectivity index (χ1n) is 4.47. The van der Waals surface area contributed by atoms with Crippen LogP contribution in [0.5, 0.6) is 0 Å². The third-order valence-corrected chi connectivity index (χ3v) is 2.10. The maximum absolute atomic E-state index is 13.8. The summed E-state index contributed by atoms with van der Waals surface area (Å²) in [5.41, 5.74) is 0.268. The van der Waals surface area contributed by atoms with Crippen LogP contribution in [0.25, 0.3) is 11.1 Å². The molecule has 0 aliphatic rings. The summed E-state index contributed by atoms with van der Waals surface area (Å²) in [7, 11) is 0. The van der Waals surface area contributed by atoms with Crippen molar-refractivity contribution in [1.82, 2.24) is 9.97 Å². The molecule has 0 saturated carbocycles. The predicted octanol–water partition coefficient (Wildman–Crippen LogP) is 1.98. The summed E-state index contributed by atoms with van der Waals surface area (Å²) in [6, 6.07) is 4.18. The highest BCUT2D eigenvalue weighted by atomic mass is 19.1. The zero-order valence-corrected chi connectivity index (χ0v) is 8.09. The van der Waals surface area contributed by atoms with Gasteiger partial charge in [0.05, 0.1) is 5.56 Å². The van der Waals surface area contributed by atoms with Gasteiger partial charge in [0, 0.05) is 23.5 Å². The van der Waals surface area contributed by atoms with Crippen molar-refractivity contribution < 1.29 is 14.3 Å². The molecule has 0 bridgehead atoms. The Kier molecular flexibility index (Phi) is 2.59. The Bertz CT molecular complexity index is 529. The van der Waals surface area contributed by atoms with Gasteiger partial charge in [-0.3, -0.25) is 0 Å². The van der Waals surface area contributed by atoms with E-state index in [0.717, 1.165) is 0 Å². The summed E-state index contributed by atoms with van der Waals surface area (Å²) in [6.45, 7) is 0. The Balaban J connectivity index is 2.59. The molecule has 2 rings (SSSR count). The average Bonchev–Trinajstić information content (AvgIpc) is 2.30. The summed E-state index contributed by atoms with van der Waals surface area (Å²) in [5, 5.41) is 8.77. The SMILES string of the molecule is O=C(O)c1cccc(-c2cncnc2)c1F. The number of hydrogen-bond donors (Lipinski definition) is 1. The van der Waals surface area contributed by atoms with Crippen LogP contribution in [0.2, 0.25) is 0 Å². The minimum Gasteiger partial charge on any atom is -0.478 e. The quantitative estimate of drug-likeness (QED) is 0.837. The van der Waals surface area contributed by atoms with E-state index in [1.54, 1.807) is 0 Å². The van der Waals surface area contributed by atoms with Crippen molar-refractivity contribution in [1.29, 1.82) is 0 Å². The van der Waals surface area contributed by atoms with Gasteiger partial charge in [-0.1, -0.05) is 12.1 Å². The third kappa shape index (κ3) is 1.75. The summed E-state index contributed by atoms with van der Waals surface area (Å²) >= 11 is 0. The van der Waals surface area contributed by atoms with Crippen LogP contribution in [-0.4, -0.2) is 21.0 Å². The van der Waals surface area contributed by atoms with Crippen molar-refractivity contribution in [2.75, 3.05) is 0 Å². The normalized spacial score (nSPS) is 10.1. The standard InChI is InChI=1S/C11H7FN2O2/c12-10-8(7-4-13-6-14-5-7)2-1-3-9(10)11(15)16/h1-6H,(H,15,16). The van der Waals surface area contributed by atoms with Gasteiger partial charge in [0.15, 0.2) is 0 Å². The van der Waals surface area contributed by atoms with Gasteiger partial charge in [-0.05, 0) is 6.07 Å². The Morgan fingerprint density at radius 1 is 1.25 bits per heavy atom. The number of aromatic nitrogens is 2. The highest BCUT2D eigenvalue weighted by Crippen LogP contribution is 2.23. The van der Waals surface area contributed by atoms with Gasteiger partial charge < -0.3 is 5.11 Å². The smallest absolute Gasteiger partial charge is 0.338 e. The molecule has 5 heteroatoms. The van der Waals surface area contributed by atoms with Crippen molar-refractivity contribution in [3.8, 4) is 11.1 Å². The molecule has 0 unspecified atom stereocenters. The molecule has 80 valence electrons. The molecule has 0 aliphatic carbocycles. The minimum atomic E-state index is -1.30. The highest BCUT2D eigenvalue weighted by molar-refractivity contribution is 5.89. The highest BCUT2D eigenvalue weighted by Gasteiger charge is 2.14. The molecule has 0 radical (unpaired) electrons. The van der Waals surface area contributed by atoms with Crippen LogP contribution in [0.1, 0.15) is 10.4 Å². The molecule has 0 fully saturated rings. The lowest BCUT2D eigenvalue weighted by Gasteiger charge is -2.04. The van der Waals surface area contributed by atoms with Crippen LogP contribution in [0.3, 0.4) is 0 Å². The number of carbonyl (C=O) groups is 1. The van der Waals surface area contributed by atoms with Gasteiger partial charge in [0.2, 0.25) is 0 Å². The largest absolute Gasteiger partial charge is 0.478 e. The molecule has 1 aromatic heterocycles. The molecular formula is C11H7FN2O2. The number of carboxylic acid groups (broad SMARTS) is 1. The lowest BCUT2D eigenvalue weighted by atomic mass is 10.0. The number of nitrogens with zero attached hydrogens (tertiary/aromatic N) is 2. The maximum atomic E-state index is 13.8. The first-order chi connectivity index (χ1) is 7.70. The number of halogens is 1. The van der Waals surface area contributed by atoms with E-state index >= 15 is 0 Å². The Morgan fingerprint density at radius 3 is 2.56 bits per heavy atom. The second-order valence-electron chi connectivity index (χ2n) is 3.10. The van der Waals surface area contributed by atoms with E-state index in [-0.39, 0.29) is 11.1 Å². The Morgan fingerprint density at radius 2 is 1.94 bits per heavy atom. The van der Waals surface area contributed by atoms with Crippen LogP contribution in [0, 0.1) is 5.82 Å². The zero-order chi connectivity index (χ0) is 11.5. The predicted molar refractivity (Wildman–Crippen MR) is 54.4 cm³/mol. The molecule has 0 spiro atoms. The van der Waals surface area contributed by atoms with E-state index in [0.29, 0.717) is 5.56 Å². The lowest BCUT2D eigenvalue weighted by molar-refractivity contribution is 0.0692. The van der Waals surface area contributed by atoms with E-state index in [1.165, 1.54) is 36.9 Å². The Labute approximate surface area is 90.4 Å². The molecule has 1 N–H and O–H groups in total. The van der Waals surface area contributed by atoms with Crippen molar-refractivity contribution in [3.05, 3.63) is 48.3 Å². The van der Waals surface area contributed by atoms with Gasteiger partial charge in [-0.25, -0.2) is 19.2 Å². The van der Waals surface area contributed by atoms with Gasteiger partial charge in [0.1, 0.15) is 12.1 Å². The van der Waals surface area contributed by atoms with E-state index in [1.807, 2.05) is 0 Å². The van der Waals surface area contributed by atoms with Crippen LogP contribution < -0.4 is 0 Å². The maximum Gasteiger partial charge on any atom is 0.338 e. The van der Waals surface area contributed by atoms with Crippen molar-refractivity contribution >= 4 is 5.97 Å². The molecule has 1 aromatic carbocycles. The second kappa shape index (κ2) is 4.06. The lowest BCUT2D eigenvalue weighted by Crippen LogP contribution is -2.01. The zero-order valence-electron chi connectivity index (χ0n) is 8.09. The van der Waals surface area contributed by atoms with Gasteiger partial charge >= 0.3 is 5.97 Å². The van der Waals surface area contributed by atoms with Gasteiger partial charge in [-0.15, -0.1) is 0 Å². The number of aromatic carboxylic acids is 1. The molecular weight excluding hydrogens is 211 g/mol. The molecule has 16 heavy (non-hydrogen) atoms. The molecule has 0 saturated heterocycles. The molecule has 0 amide bonds. The summed E-state index contributed by atoms with van der Waals surface area (Å²) in [4.78, 5) is 18.2. The summed E-state index contributed by atoms with van der Waals surface area (Å²) in [5.74, 6) is -2.07. The molecule has 0 aliphatic heterocycles. The van der Waals surface area contributed by atoms with Crippen molar-refractivity contribution in [2.45, 2.75) is 0 Å². The fraction of sp³-hybridized carbons (Fsp3) is 0. The number of benzene rings is 1. The number of hydrogen-bond acceptors (Lipinski definition) is 3.